The predicted molar refractivity (Wildman–Crippen MR) is 83.1 cm³/mol. The van der Waals surface area contributed by atoms with Crippen LogP contribution in [0.2, 0.25) is 0 Å². The molecule has 0 unspecified atom stereocenters. The summed E-state index contributed by atoms with van der Waals surface area (Å²) in [5.74, 6) is 0. The van der Waals surface area contributed by atoms with Crippen LogP contribution < -0.4 is 21.3 Å². The molecule has 6 nitrogen and oxygen atoms in total. The standard InChI is InChI=1S/C4H8O2.2C3H8N2S/c1-2-6-4-3-5-1;2*1-4-3(6)5-2/h1-4H2;2*1-2H3,(H2,4,5,6). The van der Waals surface area contributed by atoms with Gasteiger partial charge in [0.05, 0.1) is 26.4 Å². The largest absolute Gasteiger partial charge is 0.377 e. The molecular formula is C10H24N4O2S2. The molecule has 0 bridgehead atoms. The minimum absolute atomic E-state index is 0.676. The van der Waals surface area contributed by atoms with Gasteiger partial charge in [0.1, 0.15) is 0 Å². The molecule has 1 aliphatic heterocycles. The minimum Gasteiger partial charge on any atom is -0.377 e. The Morgan fingerprint density at radius 1 is 0.667 bits per heavy atom. The lowest BCUT2D eigenvalue weighted by atomic mass is 10.6. The smallest absolute Gasteiger partial charge is 0.165 e. The van der Waals surface area contributed by atoms with Gasteiger partial charge in [0.25, 0.3) is 0 Å². The number of nitrogens with one attached hydrogen (secondary N) is 4. The van der Waals surface area contributed by atoms with Gasteiger partial charge in [-0.25, -0.2) is 0 Å². The van der Waals surface area contributed by atoms with Crippen LogP contribution in [0.3, 0.4) is 0 Å². The topological polar surface area (TPSA) is 66.6 Å². The van der Waals surface area contributed by atoms with Crippen molar-refractivity contribution >= 4 is 34.7 Å². The van der Waals surface area contributed by atoms with Gasteiger partial charge in [-0.1, -0.05) is 0 Å². The third kappa shape index (κ3) is 17.7. The fourth-order valence-electron chi connectivity index (χ4n) is 0.690. The Kier molecular flexibility index (Phi) is 17.8. The molecule has 1 heterocycles. The SMILES string of the molecule is C1COCCO1.CNC(=S)NC.CNC(=S)NC. The van der Waals surface area contributed by atoms with Crippen molar-refractivity contribution in [2.45, 2.75) is 0 Å². The third-order valence-corrected chi connectivity index (χ3v) is 2.47. The Labute approximate surface area is 120 Å². The molecule has 0 spiro atoms. The van der Waals surface area contributed by atoms with E-state index in [1.165, 1.54) is 0 Å². The quantitative estimate of drug-likeness (QED) is 0.444. The van der Waals surface area contributed by atoms with Crippen molar-refractivity contribution in [1.29, 1.82) is 0 Å². The van der Waals surface area contributed by atoms with Gasteiger partial charge in [0.15, 0.2) is 10.2 Å². The first-order valence-corrected chi connectivity index (χ1v) is 6.38. The van der Waals surface area contributed by atoms with Gasteiger partial charge in [-0.05, 0) is 24.4 Å². The molecule has 1 aliphatic rings. The number of rotatable bonds is 0. The van der Waals surface area contributed by atoms with E-state index in [-0.39, 0.29) is 0 Å². The van der Waals surface area contributed by atoms with E-state index in [0.29, 0.717) is 10.2 Å². The lowest BCUT2D eigenvalue weighted by Gasteiger charge is -2.09. The molecule has 0 radical (unpaired) electrons. The summed E-state index contributed by atoms with van der Waals surface area (Å²) in [5, 5.41) is 12.3. The van der Waals surface area contributed by atoms with Crippen LogP contribution >= 0.6 is 24.4 Å². The van der Waals surface area contributed by atoms with Crippen LogP contribution in [0.1, 0.15) is 0 Å². The monoisotopic (exact) mass is 296 g/mol. The van der Waals surface area contributed by atoms with E-state index in [9.17, 15) is 0 Å². The number of thiocarbonyl (C=S) groups is 2. The van der Waals surface area contributed by atoms with E-state index in [4.69, 9.17) is 9.47 Å². The second-order valence-corrected chi connectivity index (χ2v) is 3.70. The van der Waals surface area contributed by atoms with E-state index in [1.54, 1.807) is 28.2 Å². The maximum atomic E-state index is 4.94. The van der Waals surface area contributed by atoms with Crippen molar-refractivity contribution in [1.82, 2.24) is 21.3 Å². The second-order valence-electron chi connectivity index (χ2n) is 2.88. The number of hydrogen-bond donors (Lipinski definition) is 4. The molecule has 0 aromatic heterocycles. The summed E-state index contributed by atoms with van der Waals surface area (Å²) in [6.45, 7) is 3.11. The van der Waals surface area contributed by atoms with Crippen molar-refractivity contribution in [2.75, 3.05) is 54.6 Å². The average molecular weight is 296 g/mol. The van der Waals surface area contributed by atoms with Crippen molar-refractivity contribution in [3.05, 3.63) is 0 Å². The van der Waals surface area contributed by atoms with E-state index in [2.05, 4.69) is 45.7 Å². The molecule has 0 saturated carbocycles. The lowest BCUT2D eigenvalue weighted by Crippen LogP contribution is -2.28. The average Bonchev–Trinajstić information content (AvgIpc) is 2.48. The fourth-order valence-corrected chi connectivity index (χ4v) is 0.690. The van der Waals surface area contributed by atoms with Crippen LogP contribution in [0.25, 0.3) is 0 Å². The molecule has 0 aromatic rings. The highest BCUT2D eigenvalue weighted by Crippen LogP contribution is 1.85. The second kappa shape index (κ2) is 16.3. The van der Waals surface area contributed by atoms with Crippen LogP contribution in [0.15, 0.2) is 0 Å². The van der Waals surface area contributed by atoms with Crippen molar-refractivity contribution < 1.29 is 9.47 Å². The van der Waals surface area contributed by atoms with Gasteiger partial charge >= 0.3 is 0 Å². The lowest BCUT2D eigenvalue weighted by molar-refractivity contribution is -0.0334. The highest BCUT2D eigenvalue weighted by Gasteiger charge is 1.94. The first-order valence-electron chi connectivity index (χ1n) is 5.56. The van der Waals surface area contributed by atoms with Crippen LogP contribution in [0.4, 0.5) is 0 Å². The summed E-state index contributed by atoms with van der Waals surface area (Å²) in [6.07, 6.45) is 0. The summed E-state index contributed by atoms with van der Waals surface area (Å²) in [6, 6.07) is 0. The zero-order valence-corrected chi connectivity index (χ0v) is 13.1. The molecule has 0 aliphatic carbocycles. The summed E-state index contributed by atoms with van der Waals surface area (Å²) in [7, 11) is 7.11. The molecule has 1 rings (SSSR count). The summed E-state index contributed by atoms with van der Waals surface area (Å²) < 4.78 is 9.89. The molecule has 18 heavy (non-hydrogen) atoms. The van der Waals surface area contributed by atoms with Gasteiger partial charge in [-0.3, -0.25) is 0 Å². The first kappa shape index (κ1) is 19.6. The van der Waals surface area contributed by atoms with Gasteiger partial charge < -0.3 is 30.7 Å². The molecule has 0 aromatic carbocycles. The van der Waals surface area contributed by atoms with E-state index in [0.717, 1.165) is 26.4 Å². The predicted octanol–water partition coefficient (Wildman–Crippen LogP) is -0.547. The summed E-state index contributed by atoms with van der Waals surface area (Å²) in [4.78, 5) is 0. The molecule has 4 N–H and O–H groups in total. The van der Waals surface area contributed by atoms with Gasteiger partial charge in [0, 0.05) is 28.2 Å². The number of hydrogen-bond acceptors (Lipinski definition) is 4. The normalized spacial score (nSPS) is 12.7. The van der Waals surface area contributed by atoms with Gasteiger partial charge in [-0.2, -0.15) is 0 Å². The molecule has 0 amide bonds. The van der Waals surface area contributed by atoms with E-state index >= 15 is 0 Å². The Morgan fingerprint density at radius 3 is 0.944 bits per heavy atom. The molecule has 0 atom stereocenters. The van der Waals surface area contributed by atoms with E-state index in [1.807, 2.05) is 0 Å². The van der Waals surface area contributed by atoms with Crippen LogP contribution in [-0.4, -0.2) is 64.8 Å². The Bertz CT molecular complexity index is 175. The highest BCUT2D eigenvalue weighted by atomic mass is 32.1. The van der Waals surface area contributed by atoms with Crippen molar-refractivity contribution in [3.63, 3.8) is 0 Å². The van der Waals surface area contributed by atoms with Crippen molar-refractivity contribution in [2.24, 2.45) is 0 Å². The summed E-state index contributed by atoms with van der Waals surface area (Å²) >= 11 is 9.27. The Hall–Kier alpha value is -0.700. The maximum absolute atomic E-state index is 4.94. The zero-order valence-electron chi connectivity index (χ0n) is 11.5. The first-order chi connectivity index (χ1) is 8.62. The van der Waals surface area contributed by atoms with Gasteiger partial charge in [0.2, 0.25) is 0 Å². The maximum Gasteiger partial charge on any atom is 0.165 e. The minimum atomic E-state index is 0.676. The summed E-state index contributed by atoms with van der Waals surface area (Å²) in [5.41, 5.74) is 0. The fraction of sp³-hybridized carbons (Fsp3) is 0.800. The molecule has 1 fully saturated rings. The molecule has 8 heteroatoms. The van der Waals surface area contributed by atoms with Crippen LogP contribution in [-0.2, 0) is 9.47 Å². The van der Waals surface area contributed by atoms with Crippen LogP contribution in [0, 0.1) is 0 Å². The van der Waals surface area contributed by atoms with Crippen LogP contribution in [0.5, 0.6) is 0 Å². The molecule has 108 valence electrons. The zero-order chi connectivity index (χ0) is 14.2. The molecular weight excluding hydrogens is 272 g/mol. The van der Waals surface area contributed by atoms with Gasteiger partial charge in [-0.15, -0.1) is 0 Å². The molecule has 1 saturated heterocycles. The Balaban J connectivity index is 0. The van der Waals surface area contributed by atoms with E-state index < -0.39 is 0 Å². The Morgan fingerprint density at radius 2 is 0.889 bits per heavy atom. The number of ether oxygens (including phenoxy) is 2. The third-order valence-electron chi connectivity index (χ3n) is 1.65. The highest BCUT2D eigenvalue weighted by molar-refractivity contribution is 7.80. The van der Waals surface area contributed by atoms with Crippen molar-refractivity contribution in [3.8, 4) is 0 Å².